The molecule has 4 heteroatoms. The van der Waals surface area contributed by atoms with E-state index in [-0.39, 0.29) is 0 Å². The topological polar surface area (TPSA) is 39.1 Å². The van der Waals surface area contributed by atoms with E-state index < -0.39 is 0 Å². The molecule has 0 radical (unpaired) electrons. The van der Waals surface area contributed by atoms with Crippen LogP contribution in [0.15, 0.2) is 24.3 Å². The Labute approximate surface area is 119 Å². The third-order valence-corrected chi connectivity index (χ3v) is 3.80. The summed E-state index contributed by atoms with van der Waals surface area (Å²) in [6.45, 7) is 4.69. The highest BCUT2D eigenvalue weighted by atomic mass is 16.5. The van der Waals surface area contributed by atoms with Crippen LogP contribution in [-0.2, 0) is 30.7 Å². The molecule has 0 amide bonds. The van der Waals surface area contributed by atoms with Gasteiger partial charge >= 0.3 is 0 Å². The molecule has 0 aliphatic carbocycles. The van der Waals surface area contributed by atoms with Gasteiger partial charge in [-0.1, -0.05) is 25.1 Å². The minimum absolute atomic E-state index is 0.629. The molecule has 1 aromatic carbocycles. The zero-order valence-corrected chi connectivity index (χ0v) is 12.1. The van der Waals surface area contributed by atoms with Crippen LogP contribution >= 0.6 is 0 Å². The van der Waals surface area contributed by atoms with Gasteiger partial charge in [0.25, 0.3) is 0 Å². The van der Waals surface area contributed by atoms with E-state index in [1.165, 1.54) is 22.6 Å². The monoisotopic (exact) mass is 271 g/mol. The van der Waals surface area contributed by atoms with E-state index in [1.807, 2.05) is 0 Å². The van der Waals surface area contributed by atoms with E-state index in [0.717, 1.165) is 31.8 Å². The number of benzene rings is 1. The van der Waals surface area contributed by atoms with E-state index >= 15 is 0 Å². The van der Waals surface area contributed by atoms with Gasteiger partial charge in [0.05, 0.1) is 18.0 Å². The van der Waals surface area contributed by atoms with Gasteiger partial charge < -0.3 is 10.1 Å². The minimum Gasteiger partial charge on any atom is -0.380 e. The first-order valence-corrected chi connectivity index (χ1v) is 7.22. The molecule has 0 saturated carbocycles. The molecule has 4 nitrogen and oxygen atoms in total. The second-order valence-electron chi connectivity index (χ2n) is 5.10. The van der Waals surface area contributed by atoms with E-state index in [2.05, 4.69) is 41.1 Å². The zero-order valence-electron chi connectivity index (χ0n) is 12.1. The van der Waals surface area contributed by atoms with Crippen molar-refractivity contribution in [2.24, 2.45) is 0 Å². The van der Waals surface area contributed by atoms with Gasteiger partial charge in [0.15, 0.2) is 0 Å². The Morgan fingerprint density at radius 2 is 2.20 bits per heavy atom. The van der Waals surface area contributed by atoms with E-state index in [0.29, 0.717) is 6.61 Å². The number of hydrogen-bond acceptors (Lipinski definition) is 3. The molecule has 106 valence electrons. The summed E-state index contributed by atoms with van der Waals surface area (Å²) in [5.74, 6) is 1.14. The number of aromatic nitrogens is 2. The maximum atomic E-state index is 5.34. The molecule has 3 rings (SSSR count). The first-order valence-electron chi connectivity index (χ1n) is 7.22. The first kappa shape index (κ1) is 13.3. The summed E-state index contributed by atoms with van der Waals surface area (Å²) in [7, 11) is 1.74. The summed E-state index contributed by atoms with van der Waals surface area (Å²) < 4.78 is 7.68. The molecular weight excluding hydrogens is 250 g/mol. The predicted octanol–water partition coefficient (Wildman–Crippen LogP) is 2.23. The fourth-order valence-electron chi connectivity index (χ4n) is 2.89. The number of hydrogen-bond donors (Lipinski definition) is 1. The predicted molar refractivity (Wildman–Crippen MR) is 79.1 cm³/mol. The maximum Gasteiger partial charge on any atom is 0.113 e. The highest BCUT2D eigenvalue weighted by Crippen LogP contribution is 2.24. The zero-order chi connectivity index (χ0) is 13.9. The Morgan fingerprint density at radius 3 is 3.00 bits per heavy atom. The number of para-hydroxylation sites is 1. The quantitative estimate of drug-likeness (QED) is 0.927. The van der Waals surface area contributed by atoms with Crippen molar-refractivity contribution in [1.82, 2.24) is 14.9 Å². The van der Waals surface area contributed by atoms with Crippen LogP contribution in [0, 0.1) is 0 Å². The number of fused-ring (bicyclic) bond motifs is 1. The number of rotatable bonds is 4. The van der Waals surface area contributed by atoms with Gasteiger partial charge in [-0.25, -0.2) is 4.98 Å². The average Bonchev–Trinajstić information content (AvgIpc) is 2.86. The van der Waals surface area contributed by atoms with Crippen LogP contribution in [-0.4, -0.2) is 23.2 Å². The number of aryl methyl sites for hydroxylation is 1. The summed E-state index contributed by atoms with van der Waals surface area (Å²) in [6.07, 6.45) is 1.97. The standard InChI is InChI=1S/C16H21N3O/c1-3-16-18-13-10-17-9-8-15(13)19(16)14-7-5-4-6-12(14)11-20-2/h4-7,17H,3,8-11H2,1-2H3. The van der Waals surface area contributed by atoms with E-state index in [1.54, 1.807) is 7.11 Å². The average molecular weight is 271 g/mol. The number of imidazole rings is 1. The molecule has 0 unspecified atom stereocenters. The Balaban J connectivity index is 2.16. The molecule has 0 bridgehead atoms. The highest BCUT2D eigenvalue weighted by Gasteiger charge is 2.21. The summed E-state index contributed by atoms with van der Waals surface area (Å²) >= 11 is 0. The van der Waals surface area contributed by atoms with Crippen molar-refractivity contribution in [3.05, 3.63) is 47.0 Å². The summed E-state index contributed by atoms with van der Waals surface area (Å²) in [5, 5.41) is 3.40. The summed E-state index contributed by atoms with van der Waals surface area (Å²) in [6, 6.07) is 8.44. The van der Waals surface area contributed by atoms with Crippen molar-refractivity contribution in [3.8, 4) is 5.69 Å². The molecule has 1 N–H and O–H groups in total. The van der Waals surface area contributed by atoms with Gasteiger partial charge in [-0.3, -0.25) is 4.57 Å². The van der Waals surface area contributed by atoms with Crippen LogP contribution in [0.2, 0.25) is 0 Å². The Hall–Kier alpha value is -1.65. The van der Waals surface area contributed by atoms with Gasteiger partial charge in [-0.15, -0.1) is 0 Å². The first-order chi connectivity index (χ1) is 9.85. The van der Waals surface area contributed by atoms with Crippen molar-refractivity contribution < 1.29 is 4.74 Å². The fourth-order valence-corrected chi connectivity index (χ4v) is 2.89. The number of ether oxygens (including phenoxy) is 1. The van der Waals surface area contributed by atoms with Crippen molar-refractivity contribution in [2.45, 2.75) is 32.9 Å². The van der Waals surface area contributed by atoms with Crippen molar-refractivity contribution in [2.75, 3.05) is 13.7 Å². The van der Waals surface area contributed by atoms with Crippen molar-refractivity contribution >= 4 is 0 Å². The van der Waals surface area contributed by atoms with E-state index in [4.69, 9.17) is 9.72 Å². The number of nitrogens with one attached hydrogen (secondary N) is 1. The second-order valence-corrected chi connectivity index (χ2v) is 5.10. The lowest BCUT2D eigenvalue weighted by molar-refractivity contribution is 0.184. The summed E-state index contributed by atoms with van der Waals surface area (Å²) in [5.41, 5.74) is 4.97. The van der Waals surface area contributed by atoms with Crippen molar-refractivity contribution in [3.63, 3.8) is 0 Å². The highest BCUT2D eigenvalue weighted by molar-refractivity contribution is 5.45. The van der Waals surface area contributed by atoms with E-state index in [9.17, 15) is 0 Å². The summed E-state index contributed by atoms with van der Waals surface area (Å²) in [4.78, 5) is 4.81. The molecule has 20 heavy (non-hydrogen) atoms. The van der Waals surface area contributed by atoms with Crippen LogP contribution in [0.1, 0.15) is 29.7 Å². The molecule has 1 aromatic heterocycles. The Kier molecular flexibility index (Phi) is 3.85. The number of methoxy groups -OCH3 is 1. The lowest BCUT2D eigenvalue weighted by Crippen LogP contribution is -2.25. The van der Waals surface area contributed by atoms with Crippen LogP contribution in [0.4, 0.5) is 0 Å². The Morgan fingerprint density at radius 1 is 1.35 bits per heavy atom. The number of nitrogens with zero attached hydrogens (tertiary/aromatic N) is 2. The van der Waals surface area contributed by atoms with Gasteiger partial charge in [0, 0.05) is 44.3 Å². The van der Waals surface area contributed by atoms with Crippen LogP contribution in [0.25, 0.3) is 5.69 Å². The molecule has 0 spiro atoms. The third-order valence-electron chi connectivity index (χ3n) is 3.80. The Bertz CT molecular complexity index is 604. The molecular formula is C16H21N3O. The lowest BCUT2D eigenvalue weighted by Gasteiger charge is -2.18. The molecule has 1 aliphatic rings. The van der Waals surface area contributed by atoms with Crippen LogP contribution in [0.5, 0.6) is 0 Å². The smallest absolute Gasteiger partial charge is 0.113 e. The minimum atomic E-state index is 0.629. The molecule has 0 fully saturated rings. The van der Waals surface area contributed by atoms with Gasteiger partial charge in [-0.2, -0.15) is 0 Å². The van der Waals surface area contributed by atoms with Gasteiger partial charge in [0.2, 0.25) is 0 Å². The molecule has 0 atom stereocenters. The normalized spacial score (nSPS) is 14.3. The maximum absolute atomic E-state index is 5.34. The molecule has 2 heterocycles. The SMILES string of the molecule is CCc1nc2c(n1-c1ccccc1COC)CCNC2. The fraction of sp³-hybridized carbons (Fsp3) is 0.438. The molecule has 0 saturated heterocycles. The van der Waals surface area contributed by atoms with Crippen LogP contribution < -0.4 is 5.32 Å². The second kappa shape index (κ2) is 5.77. The van der Waals surface area contributed by atoms with Crippen LogP contribution in [0.3, 0.4) is 0 Å². The lowest BCUT2D eigenvalue weighted by atomic mass is 10.1. The van der Waals surface area contributed by atoms with Crippen molar-refractivity contribution in [1.29, 1.82) is 0 Å². The van der Waals surface area contributed by atoms with Gasteiger partial charge in [0.1, 0.15) is 5.82 Å². The molecule has 1 aliphatic heterocycles. The molecule has 2 aromatic rings. The van der Waals surface area contributed by atoms with Gasteiger partial charge in [-0.05, 0) is 6.07 Å². The largest absolute Gasteiger partial charge is 0.380 e. The third kappa shape index (κ3) is 2.25.